The van der Waals surface area contributed by atoms with Gasteiger partial charge in [0.1, 0.15) is 0 Å². The topological polar surface area (TPSA) is 52.1 Å². The van der Waals surface area contributed by atoms with E-state index >= 15 is 0 Å². The summed E-state index contributed by atoms with van der Waals surface area (Å²) in [6, 6.07) is 10.8. The zero-order chi connectivity index (χ0) is 11.7. The fourth-order valence-corrected chi connectivity index (χ4v) is 1.66. The van der Waals surface area contributed by atoms with Crippen molar-refractivity contribution in [3.05, 3.63) is 47.7 Å². The summed E-state index contributed by atoms with van der Waals surface area (Å²) < 4.78 is 10.3. The Hall–Kier alpha value is -2.07. The molecule has 0 radical (unpaired) electrons. The largest absolute Gasteiger partial charge is 0.461 e. The molecule has 1 aromatic carbocycles. The van der Waals surface area contributed by atoms with E-state index in [2.05, 4.69) is 10.1 Å². The maximum Gasteiger partial charge on any atom is 0.258 e. The minimum absolute atomic E-state index is 0.416. The van der Waals surface area contributed by atoms with Crippen LogP contribution >= 0.6 is 11.6 Å². The van der Waals surface area contributed by atoms with Gasteiger partial charge in [-0.25, -0.2) is 0 Å². The van der Waals surface area contributed by atoms with Gasteiger partial charge in [-0.15, -0.1) is 0 Å². The number of rotatable bonds is 2. The monoisotopic (exact) mass is 246 g/mol. The molecule has 0 amide bonds. The second kappa shape index (κ2) is 4.07. The summed E-state index contributed by atoms with van der Waals surface area (Å²) in [5.41, 5.74) is 0.780. The maximum atomic E-state index is 5.89. The van der Waals surface area contributed by atoms with Crippen LogP contribution in [0.25, 0.3) is 23.0 Å². The molecular weight excluding hydrogens is 240 g/mol. The Kier molecular flexibility index (Phi) is 2.42. The molecule has 2 heterocycles. The molecule has 17 heavy (non-hydrogen) atoms. The number of aromatic nitrogens is 2. The molecule has 3 aromatic rings. The second-order valence-corrected chi connectivity index (χ2v) is 3.85. The number of halogens is 1. The van der Waals surface area contributed by atoms with Crippen molar-refractivity contribution < 1.29 is 8.94 Å². The molecule has 3 rings (SSSR count). The molecule has 0 aliphatic rings. The Balaban J connectivity index is 2.01. The van der Waals surface area contributed by atoms with Gasteiger partial charge < -0.3 is 8.94 Å². The van der Waals surface area contributed by atoms with Crippen LogP contribution < -0.4 is 0 Å². The first kappa shape index (κ1) is 10.1. The van der Waals surface area contributed by atoms with Crippen molar-refractivity contribution >= 4 is 11.6 Å². The number of hydrogen-bond donors (Lipinski definition) is 0. The van der Waals surface area contributed by atoms with E-state index in [1.807, 2.05) is 12.1 Å². The summed E-state index contributed by atoms with van der Waals surface area (Å²) in [5.74, 6) is 1.41. The van der Waals surface area contributed by atoms with Gasteiger partial charge in [0.15, 0.2) is 5.76 Å². The Bertz CT molecular complexity index is 632. The first-order valence-corrected chi connectivity index (χ1v) is 5.34. The zero-order valence-corrected chi connectivity index (χ0v) is 9.39. The van der Waals surface area contributed by atoms with Gasteiger partial charge in [-0.2, -0.15) is 4.98 Å². The van der Waals surface area contributed by atoms with Crippen LogP contribution in [0.15, 0.2) is 51.6 Å². The molecule has 0 bridgehead atoms. The molecule has 84 valence electrons. The lowest BCUT2D eigenvalue weighted by molar-refractivity contribution is 0.429. The third-order valence-electron chi connectivity index (χ3n) is 2.24. The molecule has 0 saturated carbocycles. The van der Waals surface area contributed by atoms with E-state index in [4.69, 9.17) is 20.5 Å². The van der Waals surface area contributed by atoms with E-state index in [1.54, 1.807) is 30.5 Å². The first-order chi connectivity index (χ1) is 8.33. The van der Waals surface area contributed by atoms with Gasteiger partial charge in [-0.1, -0.05) is 22.8 Å². The van der Waals surface area contributed by atoms with Gasteiger partial charge in [-0.3, -0.25) is 0 Å². The van der Waals surface area contributed by atoms with Crippen LogP contribution in [0.1, 0.15) is 0 Å². The van der Waals surface area contributed by atoms with E-state index in [-0.39, 0.29) is 0 Å². The molecule has 5 heteroatoms. The average molecular weight is 247 g/mol. The molecule has 4 nitrogen and oxygen atoms in total. The summed E-state index contributed by atoms with van der Waals surface area (Å²) in [6.07, 6.45) is 1.56. The highest BCUT2D eigenvalue weighted by molar-refractivity contribution is 6.30. The van der Waals surface area contributed by atoms with Crippen molar-refractivity contribution in [1.82, 2.24) is 10.1 Å². The minimum atomic E-state index is 0.416. The zero-order valence-electron chi connectivity index (χ0n) is 8.63. The number of benzene rings is 1. The van der Waals surface area contributed by atoms with Crippen LogP contribution in [-0.2, 0) is 0 Å². The van der Waals surface area contributed by atoms with Crippen LogP contribution in [-0.4, -0.2) is 10.1 Å². The maximum absolute atomic E-state index is 5.89. The van der Waals surface area contributed by atoms with Crippen LogP contribution in [0.4, 0.5) is 0 Å². The molecule has 2 aromatic heterocycles. The standard InChI is InChI=1S/C12H7ClN2O2/c13-9-4-1-3-8(7-9)12-14-11(15-17-12)10-5-2-6-16-10/h1-7H. The molecule has 0 unspecified atom stereocenters. The van der Waals surface area contributed by atoms with Gasteiger partial charge >= 0.3 is 0 Å². The number of nitrogens with zero attached hydrogens (tertiary/aromatic N) is 2. The first-order valence-electron chi connectivity index (χ1n) is 4.96. The molecule has 0 spiro atoms. The van der Waals surface area contributed by atoms with Gasteiger partial charge in [0.2, 0.25) is 5.82 Å². The fraction of sp³-hybridized carbons (Fsp3) is 0. The van der Waals surface area contributed by atoms with Gasteiger partial charge in [0, 0.05) is 10.6 Å². The Morgan fingerprint density at radius 3 is 2.82 bits per heavy atom. The lowest BCUT2D eigenvalue weighted by Gasteiger charge is -1.93. The summed E-state index contributed by atoms with van der Waals surface area (Å²) in [7, 11) is 0. The van der Waals surface area contributed by atoms with Crippen molar-refractivity contribution in [2.45, 2.75) is 0 Å². The normalized spacial score (nSPS) is 10.6. The Morgan fingerprint density at radius 1 is 1.12 bits per heavy atom. The summed E-state index contributed by atoms with van der Waals surface area (Å²) >= 11 is 5.89. The van der Waals surface area contributed by atoms with E-state index in [9.17, 15) is 0 Å². The van der Waals surface area contributed by atoms with Crippen LogP contribution in [0.5, 0.6) is 0 Å². The van der Waals surface area contributed by atoms with E-state index < -0.39 is 0 Å². The van der Waals surface area contributed by atoms with E-state index in [0.29, 0.717) is 22.5 Å². The molecular formula is C12H7ClN2O2. The molecule has 0 atom stereocenters. The SMILES string of the molecule is Clc1cccc(-c2nc(-c3ccco3)no2)c1. The van der Waals surface area contributed by atoms with Crippen molar-refractivity contribution in [2.75, 3.05) is 0 Å². The third kappa shape index (κ3) is 1.94. The predicted molar refractivity (Wildman–Crippen MR) is 62.4 cm³/mol. The highest BCUT2D eigenvalue weighted by Crippen LogP contribution is 2.24. The van der Waals surface area contributed by atoms with Gasteiger partial charge in [-0.05, 0) is 30.3 Å². The lowest BCUT2D eigenvalue weighted by atomic mass is 10.2. The van der Waals surface area contributed by atoms with E-state index in [0.717, 1.165) is 5.56 Å². The second-order valence-electron chi connectivity index (χ2n) is 3.41. The van der Waals surface area contributed by atoms with Crippen molar-refractivity contribution in [3.8, 4) is 23.0 Å². The smallest absolute Gasteiger partial charge is 0.258 e. The van der Waals surface area contributed by atoms with Crippen LogP contribution in [0.3, 0.4) is 0 Å². The molecule has 0 aliphatic carbocycles. The fourth-order valence-electron chi connectivity index (χ4n) is 1.47. The molecule has 0 aliphatic heterocycles. The van der Waals surface area contributed by atoms with E-state index in [1.165, 1.54) is 0 Å². The summed E-state index contributed by atoms with van der Waals surface area (Å²) in [6.45, 7) is 0. The summed E-state index contributed by atoms with van der Waals surface area (Å²) in [5, 5.41) is 4.47. The average Bonchev–Trinajstić information content (AvgIpc) is 3.00. The Morgan fingerprint density at radius 2 is 2.06 bits per heavy atom. The van der Waals surface area contributed by atoms with Crippen LogP contribution in [0, 0.1) is 0 Å². The third-order valence-corrected chi connectivity index (χ3v) is 2.47. The summed E-state index contributed by atoms with van der Waals surface area (Å²) in [4.78, 5) is 4.23. The van der Waals surface area contributed by atoms with Gasteiger partial charge in [0.05, 0.1) is 6.26 Å². The molecule has 0 N–H and O–H groups in total. The Labute approximate surface area is 102 Å². The van der Waals surface area contributed by atoms with Crippen molar-refractivity contribution in [3.63, 3.8) is 0 Å². The predicted octanol–water partition coefficient (Wildman–Crippen LogP) is 3.65. The minimum Gasteiger partial charge on any atom is -0.461 e. The molecule has 0 fully saturated rings. The quantitative estimate of drug-likeness (QED) is 0.693. The lowest BCUT2D eigenvalue weighted by Crippen LogP contribution is -1.78. The number of hydrogen-bond acceptors (Lipinski definition) is 4. The van der Waals surface area contributed by atoms with Gasteiger partial charge in [0.25, 0.3) is 5.89 Å². The van der Waals surface area contributed by atoms with Crippen LogP contribution in [0.2, 0.25) is 5.02 Å². The van der Waals surface area contributed by atoms with Crippen molar-refractivity contribution in [2.24, 2.45) is 0 Å². The number of furan rings is 1. The highest BCUT2D eigenvalue weighted by Gasteiger charge is 2.12. The molecule has 0 saturated heterocycles. The van der Waals surface area contributed by atoms with Crippen molar-refractivity contribution in [1.29, 1.82) is 0 Å². The highest BCUT2D eigenvalue weighted by atomic mass is 35.5.